The lowest BCUT2D eigenvalue weighted by Crippen LogP contribution is -2.47. The topological polar surface area (TPSA) is 80.6 Å². The highest BCUT2D eigenvalue weighted by molar-refractivity contribution is 7.94. The van der Waals surface area contributed by atoms with Gasteiger partial charge in [0.05, 0.1) is 16.3 Å². The molecule has 1 aliphatic heterocycles. The molecule has 1 atom stereocenters. The number of carbonyl (C=O) groups excluding carboxylic acids is 2. The van der Waals surface area contributed by atoms with Crippen LogP contribution in [-0.4, -0.2) is 30.9 Å². The third-order valence-corrected chi connectivity index (χ3v) is 5.90. The molecule has 2 aliphatic rings. The van der Waals surface area contributed by atoms with Crippen molar-refractivity contribution in [2.45, 2.75) is 10.1 Å². The molecule has 0 saturated carbocycles. The van der Waals surface area contributed by atoms with E-state index in [4.69, 9.17) is 0 Å². The molecule has 1 aliphatic carbocycles. The van der Waals surface area contributed by atoms with Gasteiger partial charge in [0.15, 0.2) is 15.1 Å². The Labute approximate surface area is 126 Å². The van der Waals surface area contributed by atoms with Crippen molar-refractivity contribution in [3.63, 3.8) is 0 Å². The van der Waals surface area contributed by atoms with Crippen molar-refractivity contribution in [2.24, 2.45) is 4.99 Å². The Kier molecular flexibility index (Phi) is 2.50. The molecular formula is C16H9NO4S. The van der Waals surface area contributed by atoms with E-state index >= 15 is 0 Å². The molecule has 0 spiro atoms. The highest BCUT2D eigenvalue weighted by Gasteiger charge is 2.49. The van der Waals surface area contributed by atoms with Gasteiger partial charge in [-0.1, -0.05) is 36.4 Å². The summed E-state index contributed by atoms with van der Waals surface area (Å²) >= 11 is 0. The molecule has 5 nitrogen and oxygen atoms in total. The van der Waals surface area contributed by atoms with E-state index in [0.717, 1.165) is 0 Å². The van der Waals surface area contributed by atoms with Crippen LogP contribution in [0.15, 0.2) is 58.4 Å². The lowest BCUT2D eigenvalue weighted by Gasteiger charge is -2.28. The number of para-hydroxylation sites is 1. The van der Waals surface area contributed by atoms with Crippen LogP contribution in [0.1, 0.15) is 15.9 Å². The second-order valence-corrected chi connectivity index (χ2v) is 7.13. The summed E-state index contributed by atoms with van der Waals surface area (Å²) in [5.41, 5.74) is 1.05. The highest BCUT2D eigenvalue weighted by atomic mass is 32.2. The van der Waals surface area contributed by atoms with Crippen molar-refractivity contribution in [3.8, 4) is 0 Å². The molecule has 6 heteroatoms. The van der Waals surface area contributed by atoms with E-state index < -0.39 is 26.7 Å². The molecule has 0 radical (unpaired) electrons. The van der Waals surface area contributed by atoms with Crippen molar-refractivity contribution in [3.05, 3.63) is 59.7 Å². The fraction of sp³-hybridized carbons (Fsp3) is 0.0625. The molecule has 0 aromatic heterocycles. The van der Waals surface area contributed by atoms with E-state index in [1.54, 1.807) is 36.4 Å². The number of aliphatic imine (C=N–C) groups is 1. The molecule has 0 bridgehead atoms. The van der Waals surface area contributed by atoms with Gasteiger partial charge in [0.2, 0.25) is 11.6 Å². The number of hydrogen-bond acceptors (Lipinski definition) is 5. The second-order valence-electron chi connectivity index (χ2n) is 5.13. The number of benzene rings is 2. The normalized spacial score (nSPS) is 21.5. The van der Waals surface area contributed by atoms with E-state index in [0.29, 0.717) is 11.3 Å². The molecule has 2 aromatic rings. The zero-order valence-electron chi connectivity index (χ0n) is 11.2. The molecule has 0 amide bonds. The molecular weight excluding hydrogens is 302 g/mol. The van der Waals surface area contributed by atoms with Crippen LogP contribution in [0.5, 0.6) is 0 Å². The zero-order chi connectivity index (χ0) is 15.5. The van der Waals surface area contributed by atoms with E-state index in [9.17, 15) is 18.0 Å². The Balaban J connectivity index is 2.13. The zero-order valence-corrected chi connectivity index (χ0v) is 12.0. The van der Waals surface area contributed by atoms with Crippen LogP contribution in [0.2, 0.25) is 0 Å². The third kappa shape index (κ3) is 1.52. The Morgan fingerprint density at radius 3 is 2.27 bits per heavy atom. The quantitative estimate of drug-likeness (QED) is 0.694. The first-order chi connectivity index (χ1) is 10.5. The van der Waals surface area contributed by atoms with Crippen molar-refractivity contribution in [1.82, 2.24) is 0 Å². The van der Waals surface area contributed by atoms with Crippen LogP contribution in [-0.2, 0) is 14.6 Å². The average Bonchev–Trinajstić information content (AvgIpc) is 2.52. The lowest BCUT2D eigenvalue weighted by molar-refractivity contribution is -0.113. The molecule has 2 aromatic carbocycles. The number of hydrogen-bond donors (Lipinski definition) is 0. The van der Waals surface area contributed by atoms with Crippen molar-refractivity contribution >= 4 is 32.8 Å². The molecule has 0 saturated heterocycles. The van der Waals surface area contributed by atoms with Crippen LogP contribution < -0.4 is 0 Å². The Morgan fingerprint density at radius 2 is 1.50 bits per heavy atom. The van der Waals surface area contributed by atoms with Gasteiger partial charge in [0.1, 0.15) is 0 Å². The van der Waals surface area contributed by atoms with E-state index in [-0.39, 0.29) is 16.2 Å². The molecule has 0 N–H and O–H groups in total. The Bertz CT molecular complexity index is 989. The molecule has 108 valence electrons. The third-order valence-electron chi connectivity index (χ3n) is 3.88. The summed E-state index contributed by atoms with van der Waals surface area (Å²) in [7, 11) is -3.97. The Hall–Kier alpha value is -2.60. The molecule has 4 rings (SSSR count). The molecule has 22 heavy (non-hydrogen) atoms. The lowest BCUT2D eigenvalue weighted by atomic mass is 9.87. The van der Waals surface area contributed by atoms with Crippen molar-refractivity contribution in [2.75, 3.05) is 0 Å². The van der Waals surface area contributed by atoms with Gasteiger partial charge in [-0.3, -0.25) is 9.59 Å². The predicted octanol–water partition coefficient (Wildman–Crippen LogP) is 1.73. The number of carbonyl (C=O) groups is 2. The fourth-order valence-electron chi connectivity index (χ4n) is 2.88. The van der Waals surface area contributed by atoms with E-state index in [2.05, 4.69) is 4.99 Å². The van der Waals surface area contributed by atoms with Gasteiger partial charge in [-0.15, -0.1) is 0 Å². The van der Waals surface area contributed by atoms with Crippen molar-refractivity contribution < 1.29 is 18.0 Å². The summed E-state index contributed by atoms with van der Waals surface area (Å²) in [5.74, 6) is -1.71. The van der Waals surface area contributed by atoms with Gasteiger partial charge in [0, 0.05) is 11.1 Å². The average molecular weight is 311 g/mol. The number of nitrogens with zero attached hydrogens (tertiary/aromatic N) is 1. The largest absolute Gasteiger partial charge is 0.289 e. The number of ketones is 2. The van der Waals surface area contributed by atoms with Gasteiger partial charge in [-0.05, 0) is 12.1 Å². The first-order valence-electron chi connectivity index (χ1n) is 6.61. The summed E-state index contributed by atoms with van der Waals surface area (Å²) in [6, 6.07) is 12.7. The monoisotopic (exact) mass is 311 g/mol. The summed E-state index contributed by atoms with van der Waals surface area (Å²) < 4.78 is 25.5. The van der Waals surface area contributed by atoms with Crippen LogP contribution in [0, 0.1) is 0 Å². The summed E-state index contributed by atoms with van der Waals surface area (Å²) in [6.07, 6.45) is 0. The number of fused-ring (bicyclic) bond motifs is 4. The summed E-state index contributed by atoms with van der Waals surface area (Å²) in [4.78, 5) is 28.9. The number of sulfone groups is 1. The minimum absolute atomic E-state index is 0.00992. The predicted molar refractivity (Wildman–Crippen MR) is 79.4 cm³/mol. The molecule has 0 fully saturated rings. The first kappa shape index (κ1) is 13.1. The van der Waals surface area contributed by atoms with Crippen LogP contribution in [0.4, 0.5) is 5.69 Å². The first-order valence-corrected chi connectivity index (χ1v) is 8.16. The maximum atomic E-state index is 12.8. The highest BCUT2D eigenvalue weighted by Crippen LogP contribution is 2.37. The second kappa shape index (κ2) is 4.20. The summed E-state index contributed by atoms with van der Waals surface area (Å²) in [5, 5.41) is -1.54. The minimum Gasteiger partial charge on any atom is -0.289 e. The number of Topliss-reactive ketones (excluding diaryl/α,β-unsaturated/α-hetero) is 2. The van der Waals surface area contributed by atoms with Crippen molar-refractivity contribution in [1.29, 1.82) is 0 Å². The van der Waals surface area contributed by atoms with Gasteiger partial charge < -0.3 is 0 Å². The molecule has 1 heterocycles. The van der Waals surface area contributed by atoms with E-state index in [1.165, 1.54) is 12.1 Å². The SMILES string of the molecule is O=C1C(=O)C2C(=Nc3ccccc3S2(=O)=O)c2ccccc21. The van der Waals surface area contributed by atoms with Gasteiger partial charge in [-0.25, -0.2) is 13.4 Å². The van der Waals surface area contributed by atoms with Crippen LogP contribution in [0.3, 0.4) is 0 Å². The van der Waals surface area contributed by atoms with Gasteiger partial charge in [0.25, 0.3) is 0 Å². The maximum Gasteiger partial charge on any atom is 0.231 e. The standard InChI is InChI=1S/C16H9NO4S/c18-14-10-6-2-1-5-9(10)13-16(15(14)19)22(20,21)12-8-4-3-7-11(12)17-13/h1-8,16H. The Morgan fingerprint density at radius 1 is 0.864 bits per heavy atom. The van der Waals surface area contributed by atoms with Gasteiger partial charge >= 0.3 is 0 Å². The maximum absolute atomic E-state index is 12.8. The number of rotatable bonds is 0. The smallest absolute Gasteiger partial charge is 0.231 e. The van der Waals surface area contributed by atoms with Crippen LogP contribution >= 0.6 is 0 Å². The van der Waals surface area contributed by atoms with E-state index in [1.807, 2.05) is 0 Å². The van der Waals surface area contributed by atoms with Crippen LogP contribution in [0.25, 0.3) is 0 Å². The minimum atomic E-state index is -3.97. The molecule has 1 unspecified atom stereocenters. The van der Waals surface area contributed by atoms with Gasteiger partial charge in [-0.2, -0.15) is 0 Å². The summed E-state index contributed by atoms with van der Waals surface area (Å²) in [6.45, 7) is 0. The fourth-order valence-corrected chi connectivity index (χ4v) is 4.67.